The number of thiophene rings is 1. The van der Waals surface area contributed by atoms with Crippen molar-refractivity contribution in [2.24, 2.45) is 7.05 Å². The molecule has 2 aromatic heterocycles. The van der Waals surface area contributed by atoms with E-state index in [1.807, 2.05) is 43.7 Å². The number of aromatic nitrogens is 3. The van der Waals surface area contributed by atoms with Gasteiger partial charge in [-0.15, -0.1) is 21.5 Å². The maximum Gasteiger partial charge on any atom is 0.340 e. The fraction of sp³-hybridized carbons (Fsp3) is 0.364. The lowest BCUT2D eigenvalue weighted by Gasteiger charge is -2.09. The van der Waals surface area contributed by atoms with E-state index in [-0.39, 0.29) is 11.7 Å². The first-order chi connectivity index (χ1) is 15.8. The summed E-state index contributed by atoms with van der Waals surface area (Å²) in [5, 5.41) is 13.0. The number of anilines is 1. The quantitative estimate of drug-likeness (QED) is 0.241. The number of thioether (sulfide) groups is 1. The number of esters is 1. The molecule has 0 atom stereocenters. The topological polar surface area (TPSA) is 95.3 Å². The van der Waals surface area contributed by atoms with Crippen LogP contribution in [0.25, 0.3) is 0 Å². The fourth-order valence-electron chi connectivity index (χ4n) is 3.04. The van der Waals surface area contributed by atoms with Gasteiger partial charge in [0.25, 0.3) is 0 Å². The van der Waals surface area contributed by atoms with Crippen molar-refractivity contribution in [3.63, 3.8) is 0 Å². The molecule has 0 fully saturated rings. The monoisotopic (exact) mass is 508 g/mol. The minimum atomic E-state index is -0.476. The maximum absolute atomic E-state index is 12.4. The third kappa shape index (κ3) is 6.72. The molecule has 0 aliphatic heterocycles. The van der Waals surface area contributed by atoms with Gasteiger partial charge >= 0.3 is 5.97 Å². The molecule has 0 bridgehead atoms. The van der Waals surface area contributed by atoms with E-state index in [4.69, 9.17) is 21.1 Å². The molecule has 0 aliphatic carbocycles. The Bertz CT molecular complexity index is 1150. The molecule has 0 unspecified atom stereocenters. The van der Waals surface area contributed by atoms with Crippen LogP contribution in [-0.2, 0) is 23.0 Å². The number of ether oxygens (including phenoxy) is 2. The molecule has 0 radical (unpaired) electrons. The van der Waals surface area contributed by atoms with E-state index in [1.165, 1.54) is 30.2 Å². The average molecular weight is 509 g/mol. The van der Waals surface area contributed by atoms with Crippen molar-refractivity contribution in [2.45, 2.75) is 31.8 Å². The lowest BCUT2D eigenvalue weighted by atomic mass is 10.2. The van der Waals surface area contributed by atoms with E-state index in [2.05, 4.69) is 15.5 Å². The number of nitrogens with one attached hydrogen (secondary N) is 1. The molecule has 11 heteroatoms. The number of rotatable bonds is 10. The number of aryl methyl sites for hydroxylation is 3. The number of methoxy groups -OCH3 is 1. The Morgan fingerprint density at radius 1 is 1.24 bits per heavy atom. The highest BCUT2D eigenvalue weighted by atomic mass is 35.5. The van der Waals surface area contributed by atoms with Crippen LogP contribution < -0.4 is 10.1 Å². The average Bonchev–Trinajstić information content (AvgIpc) is 3.32. The number of halogens is 1. The second kappa shape index (κ2) is 11.5. The van der Waals surface area contributed by atoms with E-state index in [0.29, 0.717) is 33.8 Å². The van der Waals surface area contributed by atoms with Gasteiger partial charge in [-0.1, -0.05) is 23.4 Å². The Morgan fingerprint density at radius 3 is 2.76 bits per heavy atom. The fourth-order valence-corrected chi connectivity index (χ4v) is 4.91. The van der Waals surface area contributed by atoms with Crippen molar-refractivity contribution < 1.29 is 19.1 Å². The molecule has 176 valence electrons. The Balaban J connectivity index is 1.48. The van der Waals surface area contributed by atoms with Crippen LogP contribution in [0.5, 0.6) is 5.75 Å². The zero-order valence-corrected chi connectivity index (χ0v) is 21.2. The van der Waals surface area contributed by atoms with Crippen LogP contribution in [0, 0.1) is 13.8 Å². The lowest BCUT2D eigenvalue weighted by molar-refractivity contribution is -0.113. The molecule has 8 nitrogen and oxygen atoms in total. The van der Waals surface area contributed by atoms with Crippen LogP contribution in [-0.4, -0.2) is 46.1 Å². The van der Waals surface area contributed by atoms with Gasteiger partial charge in [-0.05, 0) is 50.1 Å². The van der Waals surface area contributed by atoms with Crippen molar-refractivity contribution >= 4 is 51.6 Å². The minimum absolute atomic E-state index is 0.141. The third-order valence-corrected chi connectivity index (χ3v) is 6.93. The molecule has 3 rings (SSSR count). The summed E-state index contributed by atoms with van der Waals surface area (Å²) in [5.74, 6) is 1.06. The first-order valence-corrected chi connectivity index (χ1v) is 12.3. The van der Waals surface area contributed by atoms with Crippen molar-refractivity contribution in [3.05, 3.63) is 51.1 Å². The second-order valence-electron chi connectivity index (χ2n) is 7.25. The maximum atomic E-state index is 12.4. The highest BCUT2D eigenvalue weighted by Crippen LogP contribution is 2.28. The number of hydrogen-bond acceptors (Lipinski definition) is 8. The van der Waals surface area contributed by atoms with Crippen LogP contribution in [0.15, 0.2) is 29.4 Å². The standard InChI is InChI=1S/C22H25ClN4O4S2/c1-13-10-15(23)7-8-17(13)31-9-5-6-18-25-26-22(27(18)3)32-12-19(28)24-20-16(21(29)30-4)11-14(2)33-20/h7-8,10-11H,5-6,9,12H2,1-4H3,(H,24,28). The van der Waals surface area contributed by atoms with Gasteiger partial charge in [0.1, 0.15) is 16.6 Å². The molecule has 1 N–H and O–H groups in total. The molecule has 0 saturated carbocycles. The number of amides is 1. The third-order valence-electron chi connectivity index (χ3n) is 4.71. The van der Waals surface area contributed by atoms with Crippen LogP contribution in [0.1, 0.15) is 33.0 Å². The summed E-state index contributed by atoms with van der Waals surface area (Å²) in [6.45, 7) is 4.37. The number of carbonyl (C=O) groups excluding carboxylic acids is 2. The lowest BCUT2D eigenvalue weighted by Crippen LogP contribution is -2.16. The van der Waals surface area contributed by atoms with Gasteiger partial charge in [-0.25, -0.2) is 4.79 Å². The largest absolute Gasteiger partial charge is 0.493 e. The summed E-state index contributed by atoms with van der Waals surface area (Å²) >= 11 is 8.59. The number of carbonyl (C=O) groups is 2. The van der Waals surface area contributed by atoms with Crippen molar-refractivity contribution in [1.82, 2.24) is 14.8 Å². The summed E-state index contributed by atoms with van der Waals surface area (Å²) in [4.78, 5) is 25.2. The van der Waals surface area contributed by atoms with Crippen molar-refractivity contribution in [2.75, 3.05) is 24.8 Å². The normalized spacial score (nSPS) is 10.8. The number of hydrogen-bond donors (Lipinski definition) is 1. The van der Waals surface area contributed by atoms with Gasteiger partial charge in [-0.2, -0.15) is 0 Å². The summed E-state index contributed by atoms with van der Waals surface area (Å²) in [6.07, 6.45) is 1.47. The van der Waals surface area contributed by atoms with Crippen LogP contribution in [0.4, 0.5) is 5.00 Å². The highest BCUT2D eigenvalue weighted by Gasteiger charge is 2.18. The van der Waals surface area contributed by atoms with Gasteiger partial charge in [-0.3, -0.25) is 4.79 Å². The summed E-state index contributed by atoms with van der Waals surface area (Å²) in [5.41, 5.74) is 1.35. The molecular weight excluding hydrogens is 484 g/mol. The molecule has 0 aliphatic rings. The Morgan fingerprint density at radius 2 is 2.03 bits per heavy atom. The van der Waals surface area contributed by atoms with E-state index in [9.17, 15) is 9.59 Å². The van der Waals surface area contributed by atoms with Gasteiger partial charge in [0, 0.05) is 23.4 Å². The Hall–Kier alpha value is -2.56. The zero-order chi connectivity index (χ0) is 24.0. The molecule has 0 saturated heterocycles. The van der Waals surface area contributed by atoms with Gasteiger partial charge in [0.05, 0.1) is 25.0 Å². The molecule has 3 aromatic rings. The van der Waals surface area contributed by atoms with E-state index in [0.717, 1.165) is 28.4 Å². The van der Waals surface area contributed by atoms with Crippen molar-refractivity contribution in [3.8, 4) is 5.75 Å². The summed E-state index contributed by atoms with van der Waals surface area (Å²) in [6, 6.07) is 7.24. The molecule has 1 aromatic carbocycles. The predicted molar refractivity (Wildman–Crippen MR) is 131 cm³/mol. The first-order valence-electron chi connectivity index (χ1n) is 10.2. The number of nitrogens with zero attached hydrogens (tertiary/aromatic N) is 3. The van der Waals surface area contributed by atoms with Crippen LogP contribution >= 0.6 is 34.7 Å². The minimum Gasteiger partial charge on any atom is -0.493 e. The smallest absolute Gasteiger partial charge is 0.340 e. The highest BCUT2D eigenvalue weighted by molar-refractivity contribution is 7.99. The summed E-state index contributed by atoms with van der Waals surface area (Å²) in [7, 11) is 3.19. The first kappa shape index (κ1) is 25.1. The van der Waals surface area contributed by atoms with E-state index >= 15 is 0 Å². The molecule has 33 heavy (non-hydrogen) atoms. The van der Waals surface area contributed by atoms with E-state index in [1.54, 1.807) is 6.07 Å². The predicted octanol–water partition coefficient (Wildman–Crippen LogP) is 4.68. The second-order valence-corrected chi connectivity index (χ2v) is 9.88. The molecular formula is C22H25ClN4O4S2. The zero-order valence-electron chi connectivity index (χ0n) is 18.8. The number of benzene rings is 1. The summed E-state index contributed by atoms with van der Waals surface area (Å²) < 4.78 is 12.5. The van der Waals surface area contributed by atoms with Crippen LogP contribution in [0.2, 0.25) is 5.02 Å². The van der Waals surface area contributed by atoms with Gasteiger partial charge in [0.15, 0.2) is 5.16 Å². The molecule has 0 spiro atoms. The van der Waals surface area contributed by atoms with Crippen molar-refractivity contribution in [1.29, 1.82) is 0 Å². The molecule has 1 amide bonds. The van der Waals surface area contributed by atoms with Crippen LogP contribution in [0.3, 0.4) is 0 Å². The molecule has 2 heterocycles. The van der Waals surface area contributed by atoms with E-state index < -0.39 is 5.97 Å². The van der Waals surface area contributed by atoms with Gasteiger partial charge in [0.2, 0.25) is 5.91 Å². The Kier molecular flexibility index (Phi) is 8.76. The van der Waals surface area contributed by atoms with Gasteiger partial charge < -0.3 is 19.4 Å². The Labute approximate surface area is 205 Å². The SMILES string of the molecule is COC(=O)c1cc(C)sc1NC(=O)CSc1nnc(CCCOc2ccc(Cl)cc2C)n1C.